The molecule has 0 spiro atoms. The fourth-order valence-electron chi connectivity index (χ4n) is 2.29. The van der Waals surface area contributed by atoms with Gasteiger partial charge in [-0.2, -0.15) is 0 Å². The van der Waals surface area contributed by atoms with Gasteiger partial charge in [-0.05, 0) is 35.6 Å². The van der Waals surface area contributed by atoms with Crippen LogP contribution in [0.4, 0.5) is 0 Å². The highest BCUT2D eigenvalue weighted by Gasteiger charge is 2.20. The van der Waals surface area contributed by atoms with E-state index in [1.54, 1.807) is 6.07 Å². The van der Waals surface area contributed by atoms with E-state index in [2.05, 4.69) is 19.2 Å². The standard InChI is InChI=1S/C17H21ClN2O2/c1-17(2,8-12-4-3-5-14(18)6-12)11-20-16(21)13-7-15(9-19)22-10-13/h3-7,10H,8-9,11,19H2,1-2H3,(H,20,21). The number of benzene rings is 1. The van der Waals surface area contributed by atoms with Crippen LogP contribution in [0.25, 0.3) is 0 Å². The molecule has 0 saturated carbocycles. The Bertz CT molecular complexity index is 650. The van der Waals surface area contributed by atoms with E-state index >= 15 is 0 Å². The molecule has 1 heterocycles. The quantitative estimate of drug-likeness (QED) is 0.857. The summed E-state index contributed by atoms with van der Waals surface area (Å²) in [6, 6.07) is 9.45. The van der Waals surface area contributed by atoms with Crippen LogP contribution in [-0.2, 0) is 13.0 Å². The van der Waals surface area contributed by atoms with Crippen molar-refractivity contribution in [1.82, 2.24) is 5.32 Å². The summed E-state index contributed by atoms with van der Waals surface area (Å²) in [5.74, 6) is 0.450. The minimum absolute atomic E-state index is 0.0826. The van der Waals surface area contributed by atoms with Crippen molar-refractivity contribution in [2.75, 3.05) is 6.54 Å². The third kappa shape index (κ3) is 4.61. The molecule has 3 N–H and O–H groups in total. The summed E-state index contributed by atoms with van der Waals surface area (Å²) >= 11 is 6.01. The molecular weight excluding hydrogens is 300 g/mol. The van der Waals surface area contributed by atoms with E-state index < -0.39 is 0 Å². The van der Waals surface area contributed by atoms with Gasteiger partial charge in [0.05, 0.1) is 12.1 Å². The van der Waals surface area contributed by atoms with Crippen molar-refractivity contribution in [3.05, 3.63) is 58.5 Å². The number of nitrogens with one attached hydrogen (secondary N) is 1. The number of carbonyl (C=O) groups is 1. The predicted octanol–water partition coefficient (Wildman–Crippen LogP) is 3.39. The van der Waals surface area contributed by atoms with Gasteiger partial charge >= 0.3 is 0 Å². The van der Waals surface area contributed by atoms with Crippen LogP contribution < -0.4 is 11.1 Å². The fraction of sp³-hybridized carbons (Fsp3) is 0.353. The summed E-state index contributed by atoms with van der Waals surface area (Å²) in [6.07, 6.45) is 2.26. The lowest BCUT2D eigenvalue weighted by molar-refractivity contribution is 0.0935. The fourth-order valence-corrected chi connectivity index (χ4v) is 2.50. The Hall–Kier alpha value is -1.78. The minimum atomic E-state index is -0.150. The van der Waals surface area contributed by atoms with Gasteiger partial charge in [-0.25, -0.2) is 0 Å². The molecule has 1 aromatic heterocycles. The molecule has 5 heteroatoms. The molecule has 0 radical (unpaired) electrons. The lowest BCUT2D eigenvalue weighted by Gasteiger charge is -2.25. The van der Waals surface area contributed by atoms with Crippen LogP contribution in [-0.4, -0.2) is 12.5 Å². The van der Waals surface area contributed by atoms with Crippen molar-refractivity contribution >= 4 is 17.5 Å². The van der Waals surface area contributed by atoms with Crippen LogP contribution in [0, 0.1) is 5.41 Å². The van der Waals surface area contributed by atoms with Crippen molar-refractivity contribution in [3.8, 4) is 0 Å². The third-order valence-electron chi connectivity index (χ3n) is 3.42. The molecule has 2 rings (SSSR count). The van der Waals surface area contributed by atoms with E-state index in [9.17, 15) is 4.79 Å². The average molecular weight is 321 g/mol. The monoisotopic (exact) mass is 320 g/mol. The molecule has 0 aliphatic carbocycles. The molecule has 0 aliphatic rings. The van der Waals surface area contributed by atoms with Crippen LogP contribution >= 0.6 is 11.6 Å². The van der Waals surface area contributed by atoms with E-state index in [4.69, 9.17) is 21.8 Å². The first-order valence-corrected chi connectivity index (χ1v) is 7.57. The maximum absolute atomic E-state index is 12.1. The Balaban J connectivity index is 1.92. The van der Waals surface area contributed by atoms with Gasteiger partial charge in [-0.1, -0.05) is 37.6 Å². The van der Waals surface area contributed by atoms with Crippen LogP contribution in [0.15, 0.2) is 41.0 Å². The SMILES string of the molecule is CC(C)(CNC(=O)c1coc(CN)c1)Cc1cccc(Cl)c1. The van der Waals surface area contributed by atoms with E-state index in [1.807, 2.05) is 24.3 Å². The van der Waals surface area contributed by atoms with E-state index in [0.29, 0.717) is 17.9 Å². The summed E-state index contributed by atoms with van der Waals surface area (Å²) in [4.78, 5) is 12.1. The number of nitrogens with two attached hydrogens (primary N) is 1. The molecule has 1 aromatic carbocycles. The Morgan fingerprint density at radius 2 is 2.14 bits per heavy atom. The number of furan rings is 1. The molecule has 0 fully saturated rings. The zero-order valence-electron chi connectivity index (χ0n) is 12.9. The van der Waals surface area contributed by atoms with Gasteiger partial charge in [-0.15, -0.1) is 0 Å². The zero-order valence-corrected chi connectivity index (χ0v) is 13.6. The van der Waals surface area contributed by atoms with E-state index in [0.717, 1.165) is 17.0 Å². The topological polar surface area (TPSA) is 68.3 Å². The number of hydrogen-bond donors (Lipinski definition) is 2. The number of amides is 1. The Morgan fingerprint density at radius 3 is 2.77 bits per heavy atom. The highest BCUT2D eigenvalue weighted by atomic mass is 35.5. The number of hydrogen-bond acceptors (Lipinski definition) is 3. The lowest BCUT2D eigenvalue weighted by Crippen LogP contribution is -2.35. The summed E-state index contributed by atoms with van der Waals surface area (Å²) in [5, 5.41) is 3.67. The van der Waals surface area contributed by atoms with Crippen LogP contribution in [0.5, 0.6) is 0 Å². The molecule has 118 valence electrons. The van der Waals surface area contributed by atoms with Crippen molar-refractivity contribution in [2.24, 2.45) is 11.1 Å². The van der Waals surface area contributed by atoms with Gasteiger partial charge in [0.1, 0.15) is 12.0 Å². The normalized spacial score (nSPS) is 11.5. The molecular formula is C17H21ClN2O2. The van der Waals surface area contributed by atoms with E-state index in [-0.39, 0.29) is 17.9 Å². The Labute approximate surface area is 135 Å². The second-order valence-corrected chi connectivity index (χ2v) is 6.60. The average Bonchev–Trinajstić information content (AvgIpc) is 2.93. The third-order valence-corrected chi connectivity index (χ3v) is 3.65. The van der Waals surface area contributed by atoms with Crippen molar-refractivity contribution in [3.63, 3.8) is 0 Å². The van der Waals surface area contributed by atoms with Gasteiger partial charge in [0.2, 0.25) is 0 Å². The van der Waals surface area contributed by atoms with Gasteiger partial charge in [-0.3, -0.25) is 4.79 Å². The maximum atomic E-state index is 12.1. The molecule has 0 aliphatic heterocycles. The minimum Gasteiger partial charge on any atom is -0.467 e. The Kier molecular flexibility index (Phi) is 5.27. The second-order valence-electron chi connectivity index (χ2n) is 6.16. The van der Waals surface area contributed by atoms with E-state index in [1.165, 1.54) is 6.26 Å². The van der Waals surface area contributed by atoms with Crippen LogP contribution in [0.2, 0.25) is 5.02 Å². The number of carbonyl (C=O) groups excluding carboxylic acids is 1. The van der Waals surface area contributed by atoms with Gasteiger partial charge in [0, 0.05) is 11.6 Å². The summed E-state index contributed by atoms with van der Waals surface area (Å²) in [5.41, 5.74) is 7.04. The highest BCUT2D eigenvalue weighted by molar-refractivity contribution is 6.30. The molecule has 22 heavy (non-hydrogen) atoms. The van der Waals surface area contributed by atoms with Crippen LogP contribution in [0.1, 0.15) is 35.5 Å². The van der Waals surface area contributed by atoms with Gasteiger partial charge in [0.15, 0.2) is 0 Å². The first-order valence-electron chi connectivity index (χ1n) is 7.20. The summed E-state index contributed by atoms with van der Waals surface area (Å²) in [7, 11) is 0. The first kappa shape index (κ1) is 16.6. The smallest absolute Gasteiger partial charge is 0.254 e. The van der Waals surface area contributed by atoms with Crippen molar-refractivity contribution < 1.29 is 9.21 Å². The highest BCUT2D eigenvalue weighted by Crippen LogP contribution is 2.23. The first-order chi connectivity index (χ1) is 10.4. The maximum Gasteiger partial charge on any atom is 0.254 e. The van der Waals surface area contributed by atoms with Gasteiger partial charge in [0.25, 0.3) is 5.91 Å². The molecule has 0 saturated heterocycles. The molecule has 0 bridgehead atoms. The number of rotatable bonds is 6. The largest absolute Gasteiger partial charge is 0.467 e. The van der Waals surface area contributed by atoms with Crippen LogP contribution in [0.3, 0.4) is 0 Å². The predicted molar refractivity (Wildman–Crippen MR) is 87.9 cm³/mol. The lowest BCUT2D eigenvalue weighted by atomic mass is 9.85. The summed E-state index contributed by atoms with van der Waals surface area (Å²) < 4.78 is 5.18. The molecule has 1 amide bonds. The molecule has 0 atom stereocenters. The zero-order chi connectivity index (χ0) is 16.2. The molecule has 2 aromatic rings. The molecule has 0 unspecified atom stereocenters. The van der Waals surface area contributed by atoms with Gasteiger partial charge < -0.3 is 15.5 Å². The van der Waals surface area contributed by atoms with Crippen molar-refractivity contribution in [2.45, 2.75) is 26.8 Å². The summed E-state index contributed by atoms with van der Waals surface area (Å²) in [6.45, 7) is 5.05. The molecule has 4 nitrogen and oxygen atoms in total. The van der Waals surface area contributed by atoms with Crippen molar-refractivity contribution in [1.29, 1.82) is 0 Å². The Morgan fingerprint density at radius 1 is 1.36 bits per heavy atom. The number of halogens is 1. The second kappa shape index (κ2) is 6.99.